The average Bonchev–Trinajstić information content (AvgIpc) is 2.73. The van der Waals surface area contributed by atoms with Gasteiger partial charge in [-0.3, -0.25) is 9.89 Å². The van der Waals surface area contributed by atoms with Crippen molar-refractivity contribution in [3.8, 4) is 0 Å². The molecule has 0 aromatic carbocycles. The van der Waals surface area contributed by atoms with Crippen molar-refractivity contribution in [3.05, 3.63) is 11.4 Å². The summed E-state index contributed by atoms with van der Waals surface area (Å²) >= 11 is 0. The fourth-order valence-corrected chi connectivity index (χ4v) is 3.38. The smallest absolute Gasteiger partial charge is 0.275 e. The van der Waals surface area contributed by atoms with Crippen LogP contribution in [0.4, 0.5) is 0 Å². The zero-order chi connectivity index (χ0) is 15.1. The molecule has 20 heavy (non-hydrogen) atoms. The number of nitrogens with two attached hydrogens (primary N) is 1. The Morgan fingerprint density at radius 2 is 2.05 bits per heavy atom. The van der Waals surface area contributed by atoms with Crippen LogP contribution in [-0.2, 0) is 10.0 Å². The molecule has 2 rings (SSSR count). The number of amides is 1. The second kappa shape index (κ2) is 5.17. The number of likely N-dealkylation sites (tertiary alicyclic amines) is 1. The molecule has 112 valence electrons. The number of sulfonamides is 1. The number of rotatable bonds is 2. The molecule has 0 spiro atoms. The third kappa shape index (κ3) is 2.71. The summed E-state index contributed by atoms with van der Waals surface area (Å²) in [5.41, 5.74) is 0.182. The summed E-state index contributed by atoms with van der Waals surface area (Å²) in [4.78, 5) is 13.9. The van der Waals surface area contributed by atoms with Crippen LogP contribution in [0.1, 0.15) is 36.5 Å². The van der Waals surface area contributed by atoms with Gasteiger partial charge in [-0.2, -0.15) is 5.10 Å². The zero-order valence-corrected chi connectivity index (χ0v) is 12.7. The highest BCUT2D eigenvalue weighted by Gasteiger charge is 2.32. The molecule has 0 saturated carbocycles. The van der Waals surface area contributed by atoms with E-state index in [0.717, 1.165) is 6.42 Å². The van der Waals surface area contributed by atoms with E-state index in [1.807, 2.05) is 0 Å². The highest BCUT2D eigenvalue weighted by Crippen LogP contribution is 2.25. The quantitative estimate of drug-likeness (QED) is 0.828. The molecular formula is C12H20N4O3S. The molecule has 2 atom stereocenters. The van der Waals surface area contributed by atoms with Crippen LogP contribution < -0.4 is 5.14 Å². The lowest BCUT2D eigenvalue weighted by Crippen LogP contribution is -2.42. The summed E-state index contributed by atoms with van der Waals surface area (Å²) in [6.07, 6.45) is 0.904. The van der Waals surface area contributed by atoms with Gasteiger partial charge in [-0.15, -0.1) is 0 Å². The maximum Gasteiger partial charge on any atom is 0.275 e. The van der Waals surface area contributed by atoms with Crippen molar-refractivity contribution in [2.75, 3.05) is 13.1 Å². The lowest BCUT2D eigenvalue weighted by molar-refractivity contribution is 0.0617. The van der Waals surface area contributed by atoms with Gasteiger partial charge in [0.15, 0.2) is 5.69 Å². The number of nitrogens with zero attached hydrogens (tertiary/aromatic N) is 2. The van der Waals surface area contributed by atoms with Crippen LogP contribution in [0.2, 0.25) is 0 Å². The first kappa shape index (κ1) is 15.0. The summed E-state index contributed by atoms with van der Waals surface area (Å²) in [5.74, 6) is 0.556. The highest BCUT2D eigenvalue weighted by atomic mass is 32.2. The molecule has 1 fully saturated rings. The number of H-pyrrole nitrogens is 1. The Bertz CT molecular complexity index is 623. The monoisotopic (exact) mass is 300 g/mol. The maximum atomic E-state index is 12.5. The van der Waals surface area contributed by atoms with Gasteiger partial charge in [-0.1, -0.05) is 13.8 Å². The number of nitrogens with one attached hydrogen (secondary N) is 1. The number of aromatic nitrogens is 2. The normalized spacial score (nSPS) is 23.9. The van der Waals surface area contributed by atoms with Crippen molar-refractivity contribution in [3.63, 3.8) is 0 Å². The van der Waals surface area contributed by atoms with E-state index in [1.54, 1.807) is 4.90 Å². The Balaban J connectivity index is 2.31. The van der Waals surface area contributed by atoms with Crippen molar-refractivity contribution in [2.24, 2.45) is 17.0 Å². The molecule has 1 amide bonds. The van der Waals surface area contributed by atoms with Gasteiger partial charge in [0.1, 0.15) is 4.90 Å². The van der Waals surface area contributed by atoms with E-state index >= 15 is 0 Å². The predicted molar refractivity (Wildman–Crippen MR) is 73.5 cm³/mol. The Kier molecular flexibility index (Phi) is 3.88. The number of carbonyl (C=O) groups is 1. The summed E-state index contributed by atoms with van der Waals surface area (Å²) < 4.78 is 23.2. The Morgan fingerprint density at radius 3 is 2.60 bits per heavy atom. The van der Waals surface area contributed by atoms with Gasteiger partial charge in [0.05, 0.1) is 5.69 Å². The van der Waals surface area contributed by atoms with Crippen molar-refractivity contribution >= 4 is 15.9 Å². The third-order valence-electron chi connectivity index (χ3n) is 4.00. The minimum absolute atomic E-state index is 0.105. The minimum Gasteiger partial charge on any atom is -0.337 e. The molecule has 2 heterocycles. The molecule has 3 N–H and O–H groups in total. The van der Waals surface area contributed by atoms with E-state index in [1.165, 1.54) is 6.92 Å². The summed E-state index contributed by atoms with van der Waals surface area (Å²) in [6.45, 7) is 6.99. The van der Waals surface area contributed by atoms with Crippen LogP contribution in [-0.4, -0.2) is 42.5 Å². The molecule has 1 aliphatic rings. The number of aromatic amines is 1. The van der Waals surface area contributed by atoms with Gasteiger partial charge in [0, 0.05) is 13.1 Å². The number of hydrogen-bond donors (Lipinski definition) is 2. The van der Waals surface area contributed by atoms with Gasteiger partial charge >= 0.3 is 0 Å². The van der Waals surface area contributed by atoms with Crippen LogP contribution in [0.15, 0.2) is 4.90 Å². The molecule has 7 nitrogen and oxygen atoms in total. The second-order valence-corrected chi connectivity index (χ2v) is 7.06. The molecule has 0 radical (unpaired) electrons. The SMILES string of the molecule is Cc1[nH]nc(C(=O)N2CCC(C)C(C)C2)c1S(N)(=O)=O. The van der Waals surface area contributed by atoms with Crippen LogP contribution in [0.25, 0.3) is 0 Å². The Hall–Kier alpha value is -1.41. The highest BCUT2D eigenvalue weighted by molar-refractivity contribution is 7.89. The fourth-order valence-electron chi connectivity index (χ4n) is 2.51. The summed E-state index contributed by atoms with van der Waals surface area (Å²) in [7, 11) is -3.97. The van der Waals surface area contributed by atoms with E-state index in [2.05, 4.69) is 24.0 Å². The van der Waals surface area contributed by atoms with Crippen LogP contribution in [0, 0.1) is 18.8 Å². The molecule has 0 bridgehead atoms. The fraction of sp³-hybridized carbons (Fsp3) is 0.667. The molecule has 1 saturated heterocycles. The number of hydrogen-bond acceptors (Lipinski definition) is 4. The van der Waals surface area contributed by atoms with Crippen molar-refractivity contribution in [1.29, 1.82) is 0 Å². The summed E-state index contributed by atoms with van der Waals surface area (Å²) in [5, 5.41) is 11.5. The molecule has 1 aromatic rings. The first-order valence-corrected chi connectivity index (χ1v) is 8.13. The second-order valence-electron chi connectivity index (χ2n) is 5.57. The number of primary sulfonamides is 1. The predicted octanol–water partition coefficient (Wildman–Crippen LogP) is 0.484. The van der Waals surface area contributed by atoms with E-state index < -0.39 is 10.0 Å². The van der Waals surface area contributed by atoms with Gasteiger partial charge in [-0.25, -0.2) is 13.6 Å². The first-order valence-electron chi connectivity index (χ1n) is 6.59. The van der Waals surface area contributed by atoms with Gasteiger partial charge in [0.25, 0.3) is 5.91 Å². The first-order chi connectivity index (χ1) is 9.21. The Morgan fingerprint density at radius 1 is 1.40 bits per heavy atom. The molecular weight excluding hydrogens is 280 g/mol. The number of carbonyl (C=O) groups excluding carboxylic acids is 1. The average molecular weight is 300 g/mol. The van der Waals surface area contributed by atoms with Gasteiger partial charge in [0.2, 0.25) is 10.0 Å². The van der Waals surface area contributed by atoms with Crippen LogP contribution in [0.5, 0.6) is 0 Å². The van der Waals surface area contributed by atoms with E-state index in [9.17, 15) is 13.2 Å². The third-order valence-corrected chi connectivity index (χ3v) is 5.07. The van der Waals surface area contributed by atoms with Crippen molar-refractivity contribution in [1.82, 2.24) is 15.1 Å². The van der Waals surface area contributed by atoms with E-state index in [4.69, 9.17) is 5.14 Å². The number of piperidine rings is 1. The van der Waals surface area contributed by atoms with E-state index in [0.29, 0.717) is 24.9 Å². The van der Waals surface area contributed by atoms with Crippen molar-refractivity contribution < 1.29 is 13.2 Å². The topological polar surface area (TPSA) is 109 Å². The van der Waals surface area contributed by atoms with Crippen LogP contribution in [0.3, 0.4) is 0 Å². The summed E-state index contributed by atoms with van der Waals surface area (Å²) in [6, 6.07) is 0. The number of aryl methyl sites for hydroxylation is 1. The van der Waals surface area contributed by atoms with Gasteiger partial charge < -0.3 is 4.90 Å². The standard InChI is InChI=1S/C12H20N4O3S/c1-7-4-5-16(6-8(7)2)12(17)10-11(20(13,18)19)9(3)14-15-10/h7-8H,4-6H2,1-3H3,(H,14,15)(H2,13,18,19). The lowest BCUT2D eigenvalue weighted by atomic mass is 9.88. The Labute approximate surface area is 118 Å². The lowest BCUT2D eigenvalue weighted by Gasteiger charge is -2.35. The maximum absolute atomic E-state index is 12.5. The molecule has 1 aromatic heterocycles. The van der Waals surface area contributed by atoms with E-state index in [-0.39, 0.29) is 22.2 Å². The van der Waals surface area contributed by atoms with Crippen LogP contribution >= 0.6 is 0 Å². The van der Waals surface area contributed by atoms with Gasteiger partial charge in [-0.05, 0) is 25.2 Å². The zero-order valence-electron chi connectivity index (χ0n) is 11.9. The molecule has 2 unspecified atom stereocenters. The molecule has 0 aliphatic carbocycles. The van der Waals surface area contributed by atoms with Crippen molar-refractivity contribution in [2.45, 2.75) is 32.1 Å². The largest absolute Gasteiger partial charge is 0.337 e. The minimum atomic E-state index is -3.97. The molecule has 8 heteroatoms. The molecule has 1 aliphatic heterocycles.